The van der Waals surface area contributed by atoms with E-state index in [1.54, 1.807) is 0 Å². The van der Waals surface area contributed by atoms with E-state index in [9.17, 15) is 0 Å². The normalized spacial score (nSPS) is 17.2. The summed E-state index contributed by atoms with van der Waals surface area (Å²) in [5.41, 5.74) is 0.524. The molecule has 1 aliphatic rings. The zero-order valence-corrected chi connectivity index (χ0v) is 9.51. The molecule has 1 heterocycles. The molecule has 0 atom stereocenters. The van der Waals surface area contributed by atoms with Crippen LogP contribution in [0.1, 0.15) is 26.7 Å². The van der Waals surface area contributed by atoms with Crippen molar-refractivity contribution in [3.05, 3.63) is 18.2 Å². The fourth-order valence-corrected chi connectivity index (χ4v) is 1.51. The third-order valence-electron chi connectivity index (χ3n) is 2.91. The van der Waals surface area contributed by atoms with Crippen LogP contribution in [0, 0.1) is 5.41 Å². The van der Waals surface area contributed by atoms with Gasteiger partial charge in [-0.2, -0.15) is 0 Å². The summed E-state index contributed by atoms with van der Waals surface area (Å²) in [5, 5.41) is 6.60. The van der Waals surface area contributed by atoms with Crippen LogP contribution < -0.4 is 10.6 Å². The number of hydrogen-bond acceptors (Lipinski definition) is 3. The summed E-state index contributed by atoms with van der Waals surface area (Å²) in [5.74, 6) is 1.92. The highest BCUT2D eigenvalue weighted by Gasteiger charge is 2.36. The van der Waals surface area contributed by atoms with Crippen molar-refractivity contribution in [3.63, 3.8) is 0 Å². The van der Waals surface area contributed by atoms with Gasteiger partial charge in [-0.25, -0.2) is 4.98 Å². The molecule has 1 aromatic heterocycles. The van der Waals surface area contributed by atoms with Gasteiger partial charge in [0, 0.05) is 13.1 Å². The molecule has 0 radical (unpaired) electrons. The highest BCUT2D eigenvalue weighted by Crippen LogP contribution is 2.44. The number of aromatic nitrogens is 1. The van der Waals surface area contributed by atoms with Crippen molar-refractivity contribution >= 4 is 11.6 Å². The molecular weight excluding hydrogens is 186 g/mol. The Morgan fingerprint density at radius 3 is 2.53 bits per heavy atom. The van der Waals surface area contributed by atoms with Gasteiger partial charge in [-0.05, 0) is 37.3 Å². The molecule has 0 unspecified atom stereocenters. The molecule has 3 nitrogen and oxygen atoms in total. The predicted molar refractivity (Wildman–Crippen MR) is 64.2 cm³/mol. The Labute approximate surface area is 91.3 Å². The van der Waals surface area contributed by atoms with Gasteiger partial charge in [0.1, 0.15) is 11.6 Å². The Morgan fingerprint density at radius 2 is 1.93 bits per heavy atom. The van der Waals surface area contributed by atoms with Crippen molar-refractivity contribution in [2.75, 3.05) is 23.7 Å². The Morgan fingerprint density at radius 1 is 1.27 bits per heavy atom. The Kier molecular flexibility index (Phi) is 2.80. The molecule has 1 aromatic rings. The minimum atomic E-state index is 0.524. The molecule has 1 aliphatic carbocycles. The van der Waals surface area contributed by atoms with E-state index in [1.165, 1.54) is 12.8 Å². The van der Waals surface area contributed by atoms with Crippen LogP contribution in [-0.4, -0.2) is 18.1 Å². The number of hydrogen-bond donors (Lipinski definition) is 2. The van der Waals surface area contributed by atoms with E-state index in [2.05, 4.69) is 29.5 Å². The molecule has 0 saturated heterocycles. The van der Waals surface area contributed by atoms with Crippen LogP contribution in [0.5, 0.6) is 0 Å². The van der Waals surface area contributed by atoms with Crippen LogP contribution in [-0.2, 0) is 0 Å². The number of anilines is 2. The van der Waals surface area contributed by atoms with Crippen molar-refractivity contribution in [1.29, 1.82) is 0 Å². The molecule has 2 N–H and O–H groups in total. The molecule has 0 aliphatic heterocycles. The highest BCUT2D eigenvalue weighted by molar-refractivity contribution is 5.45. The molecule has 3 heteroatoms. The molecule has 0 bridgehead atoms. The van der Waals surface area contributed by atoms with Gasteiger partial charge in [-0.1, -0.05) is 13.0 Å². The summed E-state index contributed by atoms with van der Waals surface area (Å²) in [4.78, 5) is 4.47. The SMILES string of the molecule is CCNc1cccc(NCC2(C)CC2)n1. The predicted octanol–water partition coefficient (Wildman–Crippen LogP) is 2.73. The number of nitrogens with one attached hydrogen (secondary N) is 2. The quantitative estimate of drug-likeness (QED) is 0.776. The lowest BCUT2D eigenvalue weighted by molar-refractivity contribution is 0.609. The Bertz CT molecular complexity index is 331. The van der Waals surface area contributed by atoms with E-state index >= 15 is 0 Å². The first-order valence-corrected chi connectivity index (χ1v) is 5.67. The van der Waals surface area contributed by atoms with E-state index in [1.807, 2.05) is 18.2 Å². The van der Waals surface area contributed by atoms with Gasteiger partial charge >= 0.3 is 0 Å². The van der Waals surface area contributed by atoms with Crippen LogP contribution >= 0.6 is 0 Å². The van der Waals surface area contributed by atoms with E-state index in [-0.39, 0.29) is 0 Å². The van der Waals surface area contributed by atoms with Crippen molar-refractivity contribution < 1.29 is 0 Å². The maximum Gasteiger partial charge on any atom is 0.128 e. The van der Waals surface area contributed by atoms with E-state index in [0.29, 0.717) is 5.41 Å². The molecule has 0 amide bonds. The molecule has 0 spiro atoms. The van der Waals surface area contributed by atoms with Gasteiger partial charge in [0.2, 0.25) is 0 Å². The second kappa shape index (κ2) is 4.09. The van der Waals surface area contributed by atoms with Gasteiger partial charge < -0.3 is 10.6 Å². The Hall–Kier alpha value is -1.25. The van der Waals surface area contributed by atoms with Gasteiger partial charge in [0.15, 0.2) is 0 Å². The first-order chi connectivity index (χ1) is 7.22. The van der Waals surface area contributed by atoms with Crippen LogP contribution in [0.15, 0.2) is 18.2 Å². The first kappa shape index (κ1) is 10.3. The maximum absolute atomic E-state index is 4.47. The monoisotopic (exact) mass is 205 g/mol. The molecule has 82 valence electrons. The van der Waals surface area contributed by atoms with Crippen LogP contribution in [0.3, 0.4) is 0 Å². The summed E-state index contributed by atoms with van der Waals surface area (Å²) in [6, 6.07) is 6.04. The fraction of sp³-hybridized carbons (Fsp3) is 0.583. The van der Waals surface area contributed by atoms with Gasteiger partial charge in [0.25, 0.3) is 0 Å². The molecule has 0 aromatic carbocycles. The van der Waals surface area contributed by atoms with E-state index in [4.69, 9.17) is 0 Å². The maximum atomic E-state index is 4.47. The summed E-state index contributed by atoms with van der Waals surface area (Å²) < 4.78 is 0. The van der Waals surface area contributed by atoms with Gasteiger partial charge in [-0.3, -0.25) is 0 Å². The standard InChI is InChI=1S/C12H19N3/c1-3-13-10-5-4-6-11(15-10)14-9-12(2)7-8-12/h4-6H,3,7-9H2,1-2H3,(H2,13,14,15). The summed E-state index contributed by atoms with van der Waals surface area (Å²) >= 11 is 0. The lowest BCUT2D eigenvalue weighted by Gasteiger charge is -2.11. The average molecular weight is 205 g/mol. The van der Waals surface area contributed by atoms with E-state index in [0.717, 1.165) is 24.7 Å². The third-order valence-corrected chi connectivity index (χ3v) is 2.91. The molecule has 15 heavy (non-hydrogen) atoms. The number of nitrogens with zero attached hydrogens (tertiary/aromatic N) is 1. The molecule has 1 fully saturated rings. The Balaban J connectivity index is 1.92. The van der Waals surface area contributed by atoms with Crippen molar-refractivity contribution in [3.8, 4) is 0 Å². The van der Waals surface area contributed by atoms with E-state index < -0.39 is 0 Å². The smallest absolute Gasteiger partial charge is 0.128 e. The molecular formula is C12H19N3. The summed E-state index contributed by atoms with van der Waals surface area (Å²) in [6.07, 6.45) is 2.68. The topological polar surface area (TPSA) is 37.0 Å². The highest BCUT2D eigenvalue weighted by atomic mass is 15.1. The first-order valence-electron chi connectivity index (χ1n) is 5.67. The minimum absolute atomic E-state index is 0.524. The van der Waals surface area contributed by atoms with Gasteiger partial charge in [0.05, 0.1) is 0 Å². The average Bonchev–Trinajstić information content (AvgIpc) is 2.96. The van der Waals surface area contributed by atoms with Crippen molar-refractivity contribution in [1.82, 2.24) is 4.98 Å². The summed E-state index contributed by atoms with van der Waals surface area (Å²) in [6.45, 7) is 6.34. The van der Waals surface area contributed by atoms with Crippen molar-refractivity contribution in [2.24, 2.45) is 5.41 Å². The van der Waals surface area contributed by atoms with Crippen LogP contribution in [0.4, 0.5) is 11.6 Å². The molecule has 2 rings (SSSR count). The number of pyridine rings is 1. The zero-order valence-electron chi connectivity index (χ0n) is 9.51. The lowest BCUT2D eigenvalue weighted by atomic mass is 10.1. The van der Waals surface area contributed by atoms with Crippen molar-refractivity contribution in [2.45, 2.75) is 26.7 Å². The number of rotatable bonds is 5. The lowest BCUT2D eigenvalue weighted by Crippen LogP contribution is -2.13. The fourth-order valence-electron chi connectivity index (χ4n) is 1.51. The zero-order chi connectivity index (χ0) is 10.7. The van der Waals surface area contributed by atoms with Crippen LogP contribution in [0.2, 0.25) is 0 Å². The summed E-state index contributed by atoms with van der Waals surface area (Å²) in [7, 11) is 0. The minimum Gasteiger partial charge on any atom is -0.370 e. The van der Waals surface area contributed by atoms with Crippen LogP contribution in [0.25, 0.3) is 0 Å². The second-order valence-electron chi connectivity index (χ2n) is 4.60. The van der Waals surface area contributed by atoms with Gasteiger partial charge in [-0.15, -0.1) is 0 Å². The molecule has 1 saturated carbocycles. The third kappa shape index (κ3) is 2.85. The second-order valence-corrected chi connectivity index (χ2v) is 4.60. The largest absolute Gasteiger partial charge is 0.370 e.